The van der Waals surface area contributed by atoms with Gasteiger partial charge >= 0.3 is 5.69 Å². The second kappa shape index (κ2) is 8.44. The molecule has 0 radical (unpaired) electrons. The second-order valence-corrected chi connectivity index (χ2v) is 8.14. The fraction of sp³-hybridized carbons (Fsp3) is 0.611. The van der Waals surface area contributed by atoms with Crippen molar-refractivity contribution < 1.29 is 9.53 Å². The number of aromatic nitrogens is 4. The number of ether oxygens (including phenoxy) is 1. The number of hydrogen-bond donors (Lipinski definition) is 1. The molecule has 0 unspecified atom stereocenters. The molecule has 152 valence electrons. The number of thioether (sulfide) groups is 1. The number of nitrogens with one attached hydrogen (secondary N) is 1. The zero-order chi connectivity index (χ0) is 20.4. The molecule has 28 heavy (non-hydrogen) atoms. The lowest BCUT2D eigenvalue weighted by molar-refractivity contribution is -0.119. The third-order valence-corrected chi connectivity index (χ3v) is 5.67. The van der Waals surface area contributed by atoms with Crippen LogP contribution in [-0.4, -0.2) is 50.0 Å². The minimum Gasteiger partial charge on any atom is -0.376 e. The number of rotatable bonds is 6. The molecule has 0 saturated carbocycles. The highest BCUT2D eigenvalue weighted by molar-refractivity contribution is 8.00. The molecule has 1 saturated heterocycles. The van der Waals surface area contributed by atoms with Crippen LogP contribution in [0.15, 0.2) is 14.6 Å². The van der Waals surface area contributed by atoms with E-state index in [1.165, 1.54) is 23.4 Å². The number of amides is 1. The van der Waals surface area contributed by atoms with Crippen molar-refractivity contribution in [2.75, 3.05) is 18.9 Å². The summed E-state index contributed by atoms with van der Waals surface area (Å²) in [6.45, 7) is 5.09. The highest BCUT2D eigenvalue weighted by Crippen LogP contribution is 2.24. The molecule has 0 spiro atoms. The van der Waals surface area contributed by atoms with Crippen molar-refractivity contribution in [2.45, 2.75) is 43.7 Å². The quantitative estimate of drug-likeness (QED) is 0.550. The predicted octanol–water partition coefficient (Wildman–Crippen LogP) is 0.538. The molecule has 1 fully saturated rings. The summed E-state index contributed by atoms with van der Waals surface area (Å²) in [5.74, 6) is 0.497. The Labute approximate surface area is 166 Å². The predicted molar refractivity (Wildman–Crippen MR) is 107 cm³/mol. The minimum atomic E-state index is -0.462. The van der Waals surface area contributed by atoms with Crippen LogP contribution in [0.25, 0.3) is 11.0 Å². The Bertz CT molecular complexity index is 1010. The molecule has 2 aromatic rings. The molecule has 10 heteroatoms. The minimum absolute atomic E-state index is 0.0104. The summed E-state index contributed by atoms with van der Waals surface area (Å²) >= 11 is 1.18. The third kappa shape index (κ3) is 4.12. The van der Waals surface area contributed by atoms with E-state index in [9.17, 15) is 14.4 Å². The van der Waals surface area contributed by atoms with Crippen molar-refractivity contribution >= 4 is 28.7 Å². The number of carbonyl (C=O) groups excluding carboxylic acids is 1. The largest absolute Gasteiger partial charge is 0.376 e. The lowest BCUT2D eigenvalue weighted by Crippen LogP contribution is -2.38. The van der Waals surface area contributed by atoms with E-state index in [-0.39, 0.29) is 34.7 Å². The van der Waals surface area contributed by atoms with Gasteiger partial charge in [0.15, 0.2) is 5.65 Å². The highest BCUT2D eigenvalue weighted by atomic mass is 32.2. The first-order valence-corrected chi connectivity index (χ1v) is 10.3. The number of fused-ring (bicyclic) bond motifs is 1. The number of nitrogens with zero attached hydrogens (tertiary/aromatic N) is 4. The van der Waals surface area contributed by atoms with Crippen LogP contribution in [0, 0.1) is 0 Å². The lowest BCUT2D eigenvalue weighted by atomic mass is 10.2. The Morgan fingerprint density at radius 3 is 2.68 bits per heavy atom. The van der Waals surface area contributed by atoms with Crippen LogP contribution < -0.4 is 16.6 Å². The average Bonchev–Trinajstić information content (AvgIpc) is 3.20. The van der Waals surface area contributed by atoms with Gasteiger partial charge in [-0.1, -0.05) is 25.6 Å². The van der Waals surface area contributed by atoms with Crippen LogP contribution in [0.3, 0.4) is 0 Å². The van der Waals surface area contributed by atoms with Crippen molar-refractivity contribution in [1.82, 2.24) is 24.4 Å². The first kappa shape index (κ1) is 20.5. The van der Waals surface area contributed by atoms with E-state index >= 15 is 0 Å². The van der Waals surface area contributed by atoms with Crippen LogP contribution in [0.2, 0.25) is 0 Å². The summed E-state index contributed by atoms with van der Waals surface area (Å²) in [6, 6.07) is 0. The van der Waals surface area contributed by atoms with E-state index in [2.05, 4.69) is 15.3 Å². The molecule has 3 rings (SSSR count). The molecule has 0 aliphatic carbocycles. The van der Waals surface area contributed by atoms with Gasteiger partial charge in [-0.2, -0.15) is 0 Å². The van der Waals surface area contributed by atoms with Crippen molar-refractivity contribution in [2.24, 2.45) is 14.1 Å². The van der Waals surface area contributed by atoms with Gasteiger partial charge in [0.1, 0.15) is 16.2 Å². The Morgan fingerprint density at radius 1 is 1.29 bits per heavy atom. The molecule has 1 N–H and O–H groups in total. The van der Waals surface area contributed by atoms with E-state index in [4.69, 9.17) is 4.74 Å². The van der Waals surface area contributed by atoms with Gasteiger partial charge in [0.05, 0.1) is 11.9 Å². The Morgan fingerprint density at radius 2 is 2.04 bits per heavy atom. The maximum absolute atomic E-state index is 12.7. The molecule has 1 aliphatic heterocycles. The Balaban J connectivity index is 1.89. The summed E-state index contributed by atoms with van der Waals surface area (Å²) in [5, 5.41) is 3.53. The fourth-order valence-electron chi connectivity index (χ4n) is 3.03. The van der Waals surface area contributed by atoms with Gasteiger partial charge in [0, 0.05) is 33.2 Å². The smallest absolute Gasteiger partial charge is 0.332 e. The monoisotopic (exact) mass is 407 g/mol. The lowest BCUT2D eigenvalue weighted by Gasteiger charge is -2.13. The Hall–Kier alpha value is -2.20. The van der Waals surface area contributed by atoms with Gasteiger partial charge in [-0.25, -0.2) is 14.8 Å². The highest BCUT2D eigenvalue weighted by Gasteiger charge is 2.20. The molecule has 1 amide bonds. The van der Waals surface area contributed by atoms with Crippen LogP contribution >= 0.6 is 11.8 Å². The van der Waals surface area contributed by atoms with Crippen molar-refractivity contribution in [3.05, 3.63) is 26.7 Å². The zero-order valence-corrected chi connectivity index (χ0v) is 17.3. The van der Waals surface area contributed by atoms with E-state index < -0.39 is 11.2 Å². The standard InChI is InChI=1S/C18H25N5O4S/c1-10(2)14-20-15-13(17(25)23(4)18(26)22(15)3)16(21-14)28-9-12(24)19-8-11-6-5-7-27-11/h10-11H,5-9H2,1-4H3,(H,19,24)/t11-/m0/s1. The van der Waals surface area contributed by atoms with E-state index in [0.717, 1.165) is 24.0 Å². The molecule has 2 aromatic heterocycles. The molecular weight excluding hydrogens is 382 g/mol. The van der Waals surface area contributed by atoms with Gasteiger partial charge in [0.2, 0.25) is 5.91 Å². The zero-order valence-electron chi connectivity index (χ0n) is 16.5. The summed E-state index contributed by atoms with van der Waals surface area (Å²) in [5.41, 5.74) is -0.624. The van der Waals surface area contributed by atoms with Gasteiger partial charge in [0.25, 0.3) is 5.56 Å². The van der Waals surface area contributed by atoms with E-state index in [1.54, 1.807) is 7.05 Å². The van der Waals surface area contributed by atoms with Gasteiger partial charge in [-0.3, -0.25) is 18.7 Å². The number of aryl methyl sites for hydroxylation is 1. The van der Waals surface area contributed by atoms with E-state index in [1.807, 2.05) is 13.8 Å². The topological polar surface area (TPSA) is 108 Å². The third-order valence-electron chi connectivity index (χ3n) is 4.69. The van der Waals surface area contributed by atoms with E-state index in [0.29, 0.717) is 17.4 Å². The molecule has 1 aliphatic rings. The van der Waals surface area contributed by atoms with Crippen molar-refractivity contribution in [1.29, 1.82) is 0 Å². The number of carbonyl (C=O) groups is 1. The van der Waals surface area contributed by atoms with Gasteiger partial charge in [-0.05, 0) is 12.8 Å². The van der Waals surface area contributed by atoms with Crippen LogP contribution in [0.1, 0.15) is 38.4 Å². The molecule has 0 aromatic carbocycles. The molecule has 9 nitrogen and oxygen atoms in total. The maximum Gasteiger partial charge on any atom is 0.332 e. The van der Waals surface area contributed by atoms with Crippen molar-refractivity contribution in [3.63, 3.8) is 0 Å². The average molecular weight is 407 g/mol. The summed E-state index contributed by atoms with van der Waals surface area (Å²) in [6.07, 6.45) is 2.04. The van der Waals surface area contributed by atoms with Crippen LogP contribution in [-0.2, 0) is 23.6 Å². The van der Waals surface area contributed by atoms with Gasteiger partial charge in [-0.15, -0.1) is 0 Å². The molecule has 0 bridgehead atoms. The molecular formula is C18H25N5O4S. The SMILES string of the molecule is CC(C)c1nc(SCC(=O)NC[C@@H]2CCCO2)c2c(=O)n(C)c(=O)n(C)c2n1. The first-order chi connectivity index (χ1) is 13.3. The molecule has 1 atom stereocenters. The maximum atomic E-state index is 12.7. The second-order valence-electron chi connectivity index (χ2n) is 7.17. The number of hydrogen-bond acceptors (Lipinski definition) is 7. The summed E-state index contributed by atoms with van der Waals surface area (Å²) in [7, 11) is 2.99. The fourth-order valence-corrected chi connectivity index (χ4v) is 3.88. The van der Waals surface area contributed by atoms with Crippen LogP contribution in [0.5, 0.6) is 0 Å². The van der Waals surface area contributed by atoms with Crippen molar-refractivity contribution in [3.8, 4) is 0 Å². The Kier molecular flexibility index (Phi) is 6.19. The summed E-state index contributed by atoms with van der Waals surface area (Å²) < 4.78 is 7.87. The summed E-state index contributed by atoms with van der Waals surface area (Å²) in [4.78, 5) is 46.1. The van der Waals surface area contributed by atoms with Gasteiger partial charge < -0.3 is 10.1 Å². The van der Waals surface area contributed by atoms with Crippen LogP contribution in [0.4, 0.5) is 0 Å². The first-order valence-electron chi connectivity index (χ1n) is 9.28. The molecule has 3 heterocycles. The normalized spacial score (nSPS) is 16.8.